The van der Waals surface area contributed by atoms with Crippen LogP contribution in [0.1, 0.15) is 45.7 Å². The zero-order valence-corrected chi connectivity index (χ0v) is 30.8. The first kappa shape index (κ1) is 36.2. The fraction of sp³-hybridized carbons (Fsp3) is 0.178. The number of allylic oxidation sites excluding steroid dienone is 4. The van der Waals surface area contributed by atoms with Crippen LogP contribution in [0.2, 0.25) is 0 Å². The van der Waals surface area contributed by atoms with Gasteiger partial charge >= 0.3 is 21.7 Å². The molecule has 6 aromatic carbocycles. The minimum atomic E-state index is -0.493. The molecule has 0 fully saturated rings. The average Bonchev–Trinajstić information content (AvgIpc) is 3.59. The second-order valence-electron chi connectivity index (χ2n) is 12.4. The Labute approximate surface area is 299 Å². The molecule has 0 unspecified atom stereocenters. The van der Waals surface area contributed by atoms with E-state index >= 15 is 0 Å². The van der Waals surface area contributed by atoms with E-state index in [9.17, 15) is 0 Å². The van der Waals surface area contributed by atoms with Gasteiger partial charge in [-0.2, -0.15) is 17.2 Å². The first-order valence-corrected chi connectivity index (χ1v) is 17.6. The second kappa shape index (κ2) is 17.5. The predicted octanol–water partition coefficient (Wildman–Crippen LogP) is 10.9. The number of rotatable bonds is 6. The molecule has 0 spiro atoms. The fourth-order valence-electron chi connectivity index (χ4n) is 5.85. The van der Waals surface area contributed by atoms with E-state index < -0.39 is 7.92 Å². The smallest absolute Gasteiger partial charge is 0.263 e. The van der Waals surface area contributed by atoms with Crippen LogP contribution in [0.15, 0.2) is 174 Å². The van der Waals surface area contributed by atoms with Gasteiger partial charge in [-0.05, 0) is 42.5 Å². The van der Waals surface area contributed by atoms with Crippen LogP contribution < -0.4 is 15.9 Å². The summed E-state index contributed by atoms with van der Waals surface area (Å²) in [7, 11) is -0.493. The van der Waals surface area contributed by atoms with E-state index in [1.54, 1.807) is 0 Å². The van der Waals surface area contributed by atoms with E-state index in [4.69, 9.17) is 0 Å². The molecule has 0 nitrogen and oxygen atoms in total. The Hall–Kier alpha value is -3.67. The van der Waals surface area contributed by atoms with Crippen molar-refractivity contribution >= 4 is 34.6 Å². The summed E-state index contributed by atoms with van der Waals surface area (Å²) in [5.41, 5.74) is 7.22. The van der Waals surface area contributed by atoms with Crippen LogP contribution in [-0.2, 0) is 34.6 Å². The maximum absolute atomic E-state index is 3.44. The van der Waals surface area contributed by atoms with Gasteiger partial charge in [0.2, 0.25) is 0 Å². The normalized spacial score (nSPS) is 13.2. The van der Waals surface area contributed by atoms with E-state index in [1.165, 1.54) is 54.5 Å². The largest absolute Gasteiger partial charge is 2.00 e. The Morgan fingerprint density at radius 1 is 0.574 bits per heavy atom. The molecule has 2 heteroatoms. The molecule has 6 aromatic rings. The molecule has 0 amide bonds. The van der Waals surface area contributed by atoms with Crippen LogP contribution in [0.5, 0.6) is 0 Å². The van der Waals surface area contributed by atoms with Crippen molar-refractivity contribution in [3.05, 3.63) is 192 Å². The van der Waals surface area contributed by atoms with Gasteiger partial charge in [-0.25, -0.2) is 5.57 Å². The summed E-state index contributed by atoms with van der Waals surface area (Å²) in [5.74, 6) is 0. The van der Waals surface area contributed by atoms with E-state index in [2.05, 4.69) is 198 Å². The number of benzene rings is 5. The fourth-order valence-corrected chi connectivity index (χ4v) is 8.22. The topological polar surface area (TPSA) is 0 Å². The average molecular weight is 665 g/mol. The SMILES string of the molecule is CC1=[C-]C(C)(C)C(C)=C1C.[Ti+2].c1ccc(CCc2ccccc2)cc1.c1ccc(P(c2ccccc2)c2cc3ccccc3[cH-]2)cc1. The quantitative estimate of drug-likeness (QED) is 0.0945. The van der Waals surface area contributed by atoms with Crippen molar-refractivity contribution < 1.29 is 21.7 Å². The molecular weight excluding hydrogens is 619 g/mol. The van der Waals surface area contributed by atoms with Gasteiger partial charge in [0.1, 0.15) is 0 Å². The molecule has 0 bridgehead atoms. The van der Waals surface area contributed by atoms with Gasteiger partial charge in [-0.3, -0.25) is 6.08 Å². The van der Waals surface area contributed by atoms with Crippen LogP contribution in [-0.4, -0.2) is 0 Å². The zero-order chi connectivity index (χ0) is 32.4. The van der Waals surface area contributed by atoms with Gasteiger partial charge in [0.15, 0.2) is 0 Å². The van der Waals surface area contributed by atoms with Crippen molar-refractivity contribution in [2.24, 2.45) is 5.41 Å². The van der Waals surface area contributed by atoms with E-state index in [0.717, 1.165) is 12.8 Å². The summed E-state index contributed by atoms with van der Waals surface area (Å²) in [5, 5.41) is 6.89. The standard InChI is InChI=1S/C21H16P.C14H14.C10H15.Ti/c1-3-11-19(12-4-1)22(20-13-5-2-6-14-20)21-15-17-9-7-8-10-18(17)16-21;1-3-7-13(8-4-1)11-12-14-9-5-2-6-10-14;1-7-6-10(4,5)9(3)8(7)2;/h1-16H;1-10H,11-12H2;1-5H3;/q-1;;-1;+2. The first-order valence-electron chi connectivity index (χ1n) is 16.3. The molecule has 0 heterocycles. The Morgan fingerprint density at radius 3 is 1.38 bits per heavy atom. The Morgan fingerprint density at radius 2 is 1.00 bits per heavy atom. The number of aryl methyl sites for hydroxylation is 2. The van der Waals surface area contributed by atoms with Gasteiger partial charge in [0.25, 0.3) is 0 Å². The summed E-state index contributed by atoms with van der Waals surface area (Å²) >= 11 is 0. The Balaban J connectivity index is 0.000000172. The summed E-state index contributed by atoms with van der Waals surface area (Å²) in [6.07, 6.45) is 5.69. The molecule has 0 saturated carbocycles. The summed E-state index contributed by atoms with van der Waals surface area (Å²) in [4.78, 5) is 0. The third-order valence-electron chi connectivity index (χ3n) is 8.84. The van der Waals surface area contributed by atoms with Crippen molar-refractivity contribution in [3.8, 4) is 0 Å². The second-order valence-corrected chi connectivity index (χ2v) is 14.7. The molecule has 0 saturated heterocycles. The molecule has 1 aliphatic rings. The molecule has 0 N–H and O–H groups in total. The molecule has 7 rings (SSSR count). The Bertz CT molecular complexity index is 1750. The summed E-state index contributed by atoms with van der Waals surface area (Å²) in [6, 6.07) is 56.3. The van der Waals surface area contributed by atoms with E-state index in [-0.39, 0.29) is 27.1 Å². The minimum Gasteiger partial charge on any atom is -0.263 e. The van der Waals surface area contributed by atoms with Crippen LogP contribution in [0.4, 0.5) is 0 Å². The number of hydrogen-bond acceptors (Lipinski definition) is 0. The van der Waals surface area contributed by atoms with Gasteiger partial charge in [-0.1, -0.05) is 161 Å². The van der Waals surface area contributed by atoms with Crippen molar-refractivity contribution in [2.45, 2.75) is 47.5 Å². The van der Waals surface area contributed by atoms with E-state index in [1.807, 2.05) is 0 Å². The summed E-state index contributed by atoms with van der Waals surface area (Å²) in [6.45, 7) is 10.9. The van der Waals surface area contributed by atoms with Crippen molar-refractivity contribution in [1.29, 1.82) is 0 Å². The molecular formula is C45H45PTi. The van der Waals surface area contributed by atoms with Gasteiger partial charge in [0, 0.05) is 0 Å². The van der Waals surface area contributed by atoms with Crippen LogP contribution in [0.3, 0.4) is 0 Å². The van der Waals surface area contributed by atoms with Crippen molar-refractivity contribution in [3.63, 3.8) is 0 Å². The maximum Gasteiger partial charge on any atom is 2.00 e. The first-order chi connectivity index (χ1) is 22.3. The Kier molecular flexibility index (Phi) is 13.5. The molecule has 0 radical (unpaired) electrons. The van der Waals surface area contributed by atoms with Crippen LogP contribution >= 0.6 is 7.92 Å². The molecule has 234 valence electrons. The molecule has 0 atom stereocenters. The van der Waals surface area contributed by atoms with Gasteiger partial charge in [0.05, 0.1) is 0 Å². The third kappa shape index (κ3) is 9.92. The zero-order valence-electron chi connectivity index (χ0n) is 28.4. The molecule has 0 aromatic heterocycles. The van der Waals surface area contributed by atoms with Crippen LogP contribution in [0.25, 0.3) is 10.8 Å². The summed E-state index contributed by atoms with van der Waals surface area (Å²) < 4.78 is 0. The molecule has 0 aliphatic heterocycles. The van der Waals surface area contributed by atoms with Gasteiger partial charge in [-0.15, -0.1) is 47.3 Å². The minimum absolute atomic E-state index is 0. The van der Waals surface area contributed by atoms with Crippen LogP contribution in [0, 0.1) is 11.5 Å². The molecule has 1 aliphatic carbocycles. The van der Waals surface area contributed by atoms with Crippen molar-refractivity contribution in [2.75, 3.05) is 0 Å². The number of hydrogen-bond donors (Lipinski definition) is 0. The predicted molar refractivity (Wildman–Crippen MR) is 203 cm³/mol. The van der Waals surface area contributed by atoms with Gasteiger partial charge < -0.3 is 0 Å². The third-order valence-corrected chi connectivity index (χ3v) is 11.2. The molecule has 47 heavy (non-hydrogen) atoms. The van der Waals surface area contributed by atoms with Crippen molar-refractivity contribution in [1.82, 2.24) is 0 Å². The monoisotopic (exact) mass is 664 g/mol. The van der Waals surface area contributed by atoms with E-state index in [0.29, 0.717) is 0 Å². The number of fused-ring (bicyclic) bond motifs is 1. The maximum atomic E-state index is 3.44.